The van der Waals surface area contributed by atoms with E-state index in [1.807, 2.05) is 0 Å². The Kier molecular flexibility index (Phi) is 3.91. The fourth-order valence-corrected chi connectivity index (χ4v) is 1.78. The molecule has 1 saturated heterocycles. The van der Waals surface area contributed by atoms with Crippen LogP contribution < -0.4 is 5.32 Å². The summed E-state index contributed by atoms with van der Waals surface area (Å²) in [4.78, 5) is 22.8. The van der Waals surface area contributed by atoms with Crippen LogP contribution >= 0.6 is 0 Å². The van der Waals surface area contributed by atoms with Gasteiger partial charge in [-0.1, -0.05) is 0 Å². The number of esters is 1. The quantitative estimate of drug-likeness (QED) is 0.684. The zero-order valence-corrected chi connectivity index (χ0v) is 9.95. The molecule has 0 spiro atoms. The van der Waals surface area contributed by atoms with Crippen LogP contribution in [0.25, 0.3) is 0 Å². The minimum Gasteiger partial charge on any atom is -0.480 e. The van der Waals surface area contributed by atoms with Gasteiger partial charge in [0.15, 0.2) is 0 Å². The first-order chi connectivity index (χ1) is 7.31. The number of carboxylic acids is 1. The van der Waals surface area contributed by atoms with E-state index in [9.17, 15) is 9.59 Å². The highest BCUT2D eigenvalue weighted by atomic mass is 16.6. The van der Waals surface area contributed by atoms with Gasteiger partial charge in [-0.3, -0.25) is 9.59 Å². The summed E-state index contributed by atoms with van der Waals surface area (Å²) in [5.41, 5.74) is -0.572. The minimum atomic E-state index is -0.990. The predicted molar refractivity (Wildman–Crippen MR) is 58.0 cm³/mol. The summed E-state index contributed by atoms with van der Waals surface area (Å²) in [5.74, 6) is -1.99. The highest BCUT2D eigenvalue weighted by Gasteiger charge is 2.38. The number of hydrogen-bond donors (Lipinski definition) is 2. The molecule has 5 nitrogen and oxygen atoms in total. The average Bonchev–Trinajstić information content (AvgIpc) is 2.15. The van der Waals surface area contributed by atoms with Crippen LogP contribution in [0.1, 0.15) is 33.6 Å². The topological polar surface area (TPSA) is 75.6 Å². The van der Waals surface area contributed by atoms with Gasteiger partial charge in [0.05, 0.1) is 5.92 Å². The van der Waals surface area contributed by atoms with Crippen molar-refractivity contribution in [2.45, 2.75) is 45.3 Å². The van der Waals surface area contributed by atoms with E-state index in [0.29, 0.717) is 13.0 Å². The van der Waals surface area contributed by atoms with Crippen molar-refractivity contribution in [3.05, 3.63) is 0 Å². The van der Waals surface area contributed by atoms with Crippen LogP contribution in [-0.4, -0.2) is 35.2 Å². The zero-order chi connectivity index (χ0) is 12.3. The summed E-state index contributed by atoms with van der Waals surface area (Å²) < 4.78 is 5.22. The van der Waals surface area contributed by atoms with Crippen molar-refractivity contribution < 1.29 is 19.4 Å². The maximum Gasteiger partial charge on any atom is 0.321 e. The highest BCUT2D eigenvalue weighted by molar-refractivity contribution is 5.84. The van der Waals surface area contributed by atoms with E-state index >= 15 is 0 Å². The maximum atomic E-state index is 11.8. The van der Waals surface area contributed by atoms with Crippen molar-refractivity contribution >= 4 is 11.9 Å². The van der Waals surface area contributed by atoms with Crippen molar-refractivity contribution in [3.8, 4) is 0 Å². The Morgan fingerprint density at radius 2 is 2.00 bits per heavy atom. The van der Waals surface area contributed by atoms with Gasteiger partial charge < -0.3 is 15.2 Å². The van der Waals surface area contributed by atoms with Crippen molar-refractivity contribution in [2.75, 3.05) is 6.54 Å². The third-order valence-electron chi connectivity index (χ3n) is 2.43. The van der Waals surface area contributed by atoms with Gasteiger partial charge in [-0.15, -0.1) is 0 Å². The molecule has 0 radical (unpaired) electrons. The Morgan fingerprint density at radius 3 is 2.50 bits per heavy atom. The van der Waals surface area contributed by atoms with Gasteiger partial charge in [-0.25, -0.2) is 0 Å². The van der Waals surface area contributed by atoms with Gasteiger partial charge in [-0.05, 0) is 40.2 Å². The van der Waals surface area contributed by atoms with E-state index in [-0.39, 0.29) is 0 Å². The average molecular weight is 229 g/mol. The molecule has 0 aromatic heterocycles. The fourth-order valence-electron chi connectivity index (χ4n) is 1.78. The molecule has 0 unspecified atom stereocenters. The molecule has 2 atom stereocenters. The Bertz CT molecular complexity index is 282. The molecule has 0 aromatic rings. The van der Waals surface area contributed by atoms with Crippen LogP contribution in [0.15, 0.2) is 0 Å². The van der Waals surface area contributed by atoms with Crippen LogP contribution in [-0.2, 0) is 14.3 Å². The smallest absolute Gasteiger partial charge is 0.321 e. The molecule has 1 rings (SSSR count). The number of rotatable bonds is 2. The van der Waals surface area contributed by atoms with Crippen molar-refractivity contribution in [1.82, 2.24) is 5.32 Å². The van der Waals surface area contributed by atoms with Gasteiger partial charge in [-0.2, -0.15) is 0 Å². The van der Waals surface area contributed by atoms with Crippen LogP contribution in [0.4, 0.5) is 0 Å². The lowest BCUT2D eigenvalue weighted by Gasteiger charge is -2.30. The molecule has 92 valence electrons. The summed E-state index contributed by atoms with van der Waals surface area (Å²) in [6, 6.07) is -0.816. The molecule has 1 aliphatic rings. The number of hydrogen-bond acceptors (Lipinski definition) is 4. The normalized spacial score (nSPS) is 26.2. The molecule has 1 fully saturated rings. The lowest BCUT2D eigenvalue weighted by Crippen LogP contribution is -2.50. The summed E-state index contributed by atoms with van der Waals surface area (Å²) >= 11 is 0. The Morgan fingerprint density at radius 1 is 1.38 bits per heavy atom. The number of carbonyl (C=O) groups excluding carboxylic acids is 1. The minimum absolute atomic E-state index is 0.424. The molecule has 0 amide bonds. The van der Waals surface area contributed by atoms with E-state index in [1.54, 1.807) is 20.8 Å². The molecule has 16 heavy (non-hydrogen) atoms. The van der Waals surface area contributed by atoms with Gasteiger partial charge in [0, 0.05) is 0 Å². The molecule has 0 saturated carbocycles. The standard InChI is InChI=1S/C11H19NO4/c1-11(2,3)16-10(15)7-5-4-6-12-8(7)9(13)14/h7-8,12H,4-6H2,1-3H3,(H,13,14)/t7-,8+/m1/s1. The number of carboxylic acid groups (broad SMARTS) is 1. The van der Waals surface area contributed by atoms with Crippen LogP contribution in [0.2, 0.25) is 0 Å². The summed E-state index contributed by atoms with van der Waals surface area (Å²) in [6.45, 7) is 5.96. The Balaban J connectivity index is 2.68. The first kappa shape index (κ1) is 13.0. The van der Waals surface area contributed by atoms with Gasteiger partial charge >= 0.3 is 11.9 Å². The first-order valence-electron chi connectivity index (χ1n) is 5.50. The molecule has 0 aromatic carbocycles. The second kappa shape index (κ2) is 4.82. The monoisotopic (exact) mass is 229 g/mol. The Labute approximate surface area is 95.2 Å². The summed E-state index contributed by atoms with van der Waals surface area (Å²) in [5, 5.41) is 11.8. The molecular weight excluding hydrogens is 210 g/mol. The fraction of sp³-hybridized carbons (Fsp3) is 0.818. The van der Waals surface area contributed by atoms with E-state index in [2.05, 4.69) is 5.32 Å². The first-order valence-corrected chi connectivity index (χ1v) is 5.50. The van der Waals surface area contributed by atoms with E-state index in [1.165, 1.54) is 0 Å². The number of carbonyl (C=O) groups is 2. The van der Waals surface area contributed by atoms with Crippen molar-refractivity contribution in [1.29, 1.82) is 0 Å². The summed E-state index contributed by atoms with van der Waals surface area (Å²) in [6.07, 6.45) is 1.37. The number of aliphatic carboxylic acids is 1. The van der Waals surface area contributed by atoms with Gasteiger partial charge in [0.1, 0.15) is 11.6 Å². The molecule has 2 N–H and O–H groups in total. The lowest BCUT2D eigenvalue weighted by atomic mass is 9.91. The molecule has 5 heteroatoms. The third kappa shape index (κ3) is 3.48. The second-order valence-electron chi connectivity index (χ2n) is 5.05. The van der Waals surface area contributed by atoms with E-state index in [0.717, 1.165) is 6.42 Å². The van der Waals surface area contributed by atoms with Crippen LogP contribution in [0.5, 0.6) is 0 Å². The molecule has 1 heterocycles. The third-order valence-corrected chi connectivity index (χ3v) is 2.43. The van der Waals surface area contributed by atoms with Gasteiger partial charge in [0.25, 0.3) is 0 Å². The number of nitrogens with one attached hydrogen (secondary N) is 1. The summed E-state index contributed by atoms with van der Waals surface area (Å²) in [7, 11) is 0. The largest absolute Gasteiger partial charge is 0.480 e. The predicted octanol–water partition coefficient (Wildman–Crippen LogP) is 0.781. The Hall–Kier alpha value is -1.10. The number of ether oxygens (including phenoxy) is 1. The molecular formula is C11H19NO4. The van der Waals surface area contributed by atoms with E-state index in [4.69, 9.17) is 9.84 Å². The lowest BCUT2D eigenvalue weighted by molar-refractivity contribution is -0.165. The molecule has 1 aliphatic heterocycles. The van der Waals surface area contributed by atoms with Crippen LogP contribution in [0.3, 0.4) is 0 Å². The van der Waals surface area contributed by atoms with Crippen molar-refractivity contribution in [3.63, 3.8) is 0 Å². The second-order valence-corrected chi connectivity index (χ2v) is 5.05. The zero-order valence-electron chi connectivity index (χ0n) is 9.95. The highest BCUT2D eigenvalue weighted by Crippen LogP contribution is 2.21. The SMILES string of the molecule is CC(C)(C)OC(=O)[C@@H]1CCCN[C@@H]1C(=O)O. The molecule has 0 aliphatic carbocycles. The molecule has 0 bridgehead atoms. The number of piperidine rings is 1. The van der Waals surface area contributed by atoms with Gasteiger partial charge in [0.2, 0.25) is 0 Å². The van der Waals surface area contributed by atoms with Crippen molar-refractivity contribution in [2.24, 2.45) is 5.92 Å². The van der Waals surface area contributed by atoms with E-state index < -0.39 is 29.5 Å². The maximum absolute atomic E-state index is 11.8. The van der Waals surface area contributed by atoms with Crippen LogP contribution in [0, 0.1) is 5.92 Å².